The van der Waals surface area contributed by atoms with Crippen LogP contribution >= 0.6 is 0 Å². The number of carbonyl (C=O) groups excluding carboxylic acids is 1. The van der Waals surface area contributed by atoms with Crippen LogP contribution in [0.3, 0.4) is 0 Å². The van der Waals surface area contributed by atoms with Crippen molar-refractivity contribution in [1.29, 1.82) is 0 Å². The molecule has 1 aromatic rings. The van der Waals surface area contributed by atoms with Crippen molar-refractivity contribution in [3.63, 3.8) is 0 Å². The van der Waals surface area contributed by atoms with Gasteiger partial charge in [0.25, 0.3) is 0 Å². The van der Waals surface area contributed by atoms with Crippen LogP contribution in [0.4, 0.5) is 0 Å². The highest BCUT2D eigenvalue weighted by molar-refractivity contribution is 5.86. The summed E-state index contributed by atoms with van der Waals surface area (Å²) in [5.74, 6) is 0.779. The first-order valence-electron chi connectivity index (χ1n) is 9.26. The number of hydrogen-bond acceptors (Lipinski definition) is 2. The maximum atomic E-state index is 11.3. The lowest BCUT2D eigenvalue weighted by Crippen LogP contribution is -2.29. The predicted octanol–water partition coefficient (Wildman–Crippen LogP) is 5.00. The van der Waals surface area contributed by atoms with Crippen LogP contribution in [0.15, 0.2) is 36.9 Å². The van der Waals surface area contributed by atoms with E-state index in [2.05, 4.69) is 25.6 Å². The van der Waals surface area contributed by atoms with Crippen LogP contribution in [0.2, 0.25) is 0 Å². The Kier molecular flexibility index (Phi) is 10.7. The quantitative estimate of drug-likeness (QED) is 0.376. The Labute approximate surface area is 147 Å². The second kappa shape index (κ2) is 12.6. The van der Waals surface area contributed by atoms with Crippen molar-refractivity contribution < 1.29 is 9.53 Å². The molecule has 0 bridgehead atoms. The van der Waals surface area contributed by atoms with Gasteiger partial charge in [-0.05, 0) is 36.6 Å². The smallest absolute Gasteiger partial charge is 0.245 e. The lowest BCUT2D eigenvalue weighted by Gasteiger charge is -2.15. The lowest BCUT2D eigenvalue weighted by atomic mass is 10.0. The van der Waals surface area contributed by atoms with Crippen LogP contribution in [-0.4, -0.2) is 31.0 Å². The molecule has 0 fully saturated rings. The van der Waals surface area contributed by atoms with Crippen LogP contribution in [0.5, 0.6) is 5.75 Å². The predicted molar refractivity (Wildman–Crippen MR) is 101 cm³/mol. The molecule has 0 aromatic heterocycles. The van der Waals surface area contributed by atoms with Crippen molar-refractivity contribution in [2.75, 3.05) is 20.2 Å². The normalized spacial score (nSPS) is 10.4. The molecule has 134 valence electrons. The molecule has 0 saturated heterocycles. The van der Waals surface area contributed by atoms with Crippen molar-refractivity contribution in [3.8, 4) is 5.75 Å². The number of carbonyl (C=O) groups is 1. The molecule has 0 aliphatic heterocycles. The standard InChI is InChI=1S/C21H33NO2/c1-4-6-7-8-9-10-11-12-19-13-15-20(16-14-19)24-18-17-22(3)21(23)5-2/h5,13-16H,2,4,6-12,17-18H2,1,3H3. The van der Waals surface area contributed by atoms with Gasteiger partial charge in [0.15, 0.2) is 0 Å². The third-order valence-electron chi connectivity index (χ3n) is 4.24. The molecule has 1 amide bonds. The number of amides is 1. The van der Waals surface area contributed by atoms with E-state index < -0.39 is 0 Å². The first kappa shape index (κ1) is 20.3. The van der Waals surface area contributed by atoms with E-state index in [0.29, 0.717) is 13.2 Å². The van der Waals surface area contributed by atoms with E-state index in [1.165, 1.54) is 56.6 Å². The molecule has 0 unspecified atom stereocenters. The first-order valence-corrected chi connectivity index (χ1v) is 9.26. The molecule has 0 atom stereocenters. The molecule has 24 heavy (non-hydrogen) atoms. The number of aryl methyl sites for hydroxylation is 1. The van der Waals surface area contributed by atoms with Crippen molar-refractivity contribution in [1.82, 2.24) is 4.90 Å². The Morgan fingerprint density at radius 3 is 2.33 bits per heavy atom. The number of ether oxygens (including phenoxy) is 1. The third kappa shape index (κ3) is 8.76. The highest BCUT2D eigenvalue weighted by atomic mass is 16.5. The van der Waals surface area contributed by atoms with E-state index in [4.69, 9.17) is 4.74 Å². The van der Waals surface area contributed by atoms with Crippen LogP contribution < -0.4 is 4.74 Å². The van der Waals surface area contributed by atoms with Crippen molar-refractivity contribution in [2.45, 2.75) is 58.3 Å². The average molecular weight is 332 g/mol. The Morgan fingerprint density at radius 1 is 1.08 bits per heavy atom. The molecular formula is C21H33NO2. The highest BCUT2D eigenvalue weighted by Gasteiger charge is 2.03. The van der Waals surface area contributed by atoms with Gasteiger partial charge in [-0.2, -0.15) is 0 Å². The monoisotopic (exact) mass is 331 g/mol. The third-order valence-corrected chi connectivity index (χ3v) is 4.24. The van der Waals surface area contributed by atoms with E-state index in [-0.39, 0.29) is 5.91 Å². The zero-order chi connectivity index (χ0) is 17.6. The molecule has 0 radical (unpaired) electrons. The summed E-state index contributed by atoms with van der Waals surface area (Å²) in [6.45, 7) is 6.78. The van der Waals surface area contributed by atoms with Gasteiger partial charge >= 0.3 is 0 Å². The molecule has 0 heterocycles. The maximum absolute atomic E-state index is 11.3. The van der Waals surface area contributed by atoms with Crippen molar-refractivity contribution >= 4 is 5.91 Å². The number of nitrogens with zero attached hydrogens (tertiary/aromatic N) is 1. The number of unbranched alkanes of at least 4 members (excludes halogenated alkanes) is 6. The average Bonchev–Trinajstić information content (AvgIpc) is 2.61. The summed E-state index contributed by atoms with van der Waals surface area (Å²) in [4.78, 5) is 12.9. The van der Waals surface area contributed by atoms with Crippen molar-refractivity contribution in [3.05, 3.63) is 42.5 Å². The van der Waals surface area contributed by atoms with E-state index >= 15 is 0 Å². The molecular weight excluding hydrogens is 298 g/mol. The molecule has 3 nitrogen and oxygen atoms in total. The highest BCUT2D eigenvalue weighted by Crippen LogP contribution is 2.15. The maximum Gasteiger partial charge on any atom is 0.245 e. The summed E-state index contributed by atoms with van der Waals surface area (Å²) in [6.07, 6.45) is 11.9. The summed E-state index contributed by atoms with van der Waals surface area (Å²) in [5, 5.41) is 0. The van der Waals surface area contributed by atoms with Gasteiger partial charge in [-0.25, -0.2) is 0 Å². The van der Waals surface area contributed by atoms with Gasteiger partial charge in [-0.3, -0.25) is 4.79 Å². The minimum absolute atomic E-state index is 0.0800. The first-order chi connectivity index (χ1) is 11.7. The zero-order valence-corrected chi connectivity index (χ0v) is 15.4. The second-order valence-corrected chi connectivity index (χ2v) is 6.33. The van der Waals surface area contributed by atoms with Gasteiger partial charge in [0.05, 0.1) is 6.54 Å². The largest absolute Gasteiger partial charge is 0.492 e. The summed E-state index contributed by atoms with van der Waals surface area (Å²) >= 11 is 0. The molecule has 0 spiro atoms. The molecule has 1 rings (SSSR count). The van der Waals surface area contributed by atoms with Gasteiger partial charge < -0.3 is 9.64 Å². The van der Waals surface area contributed by atoms with E-state index in [1.54, 1.807) is 11.9 Å². The van der Waals surface area contributed by atoms with Crippen LogP contribution in [0.25, 0.3) is 0 Å². The van der Waals surface area contributed by atoms with Gasteiger partial charge in [-0.15, -0.1) is 0 Å². The van der Waals surface area contributed by atoms with Crippen molar-refractivity contribution in [2.24, 2.45) is 0 Å². The summed E-state index contributed by atoms with van der Waals surface area (Å²) in [7, 11) is 1.75. The number of rotatable bonds is 13. The zero-order valence-electron chi connectivity index (χ0n) is 15.4. The number of benzene rings is 1. The molecule has 1 aromatic carbocycles. The molecule has 0 saturated carbocycles. The lowest BCUT2D eigenvalue weighted by molar-refractivity contribution is -0.125. The summed E-state index contributed by atoms with van der Waals surface area (Å²) in [6, 6.07) is 8.33. The number of likely N-dealkylation sites (N-methyl/N-ethyl adjacent to an activating group) is 1. The fourth-order valence-electron chi connectivity index (χ4n) is 2.61. The summed E-state index contributed by atoms with van der Waals surface area (Å²) in [5.41, 5.74) is 1.37. The van der Waals surface area contributed by atoms with Crippen LogP contribution in [0, 0.1) is 0 Å². The fraction of sp³-hybridized carbons (Fsp3) is 0.571. The van der Waals surface area contributed by atoms with E-state index in [1.807, 2.05) is 12.1 Å². The number of hydrogen-bond donors (Lipinski definition) is 0. The van der Waals surface area contributed by atoms with Gasteiger partial charge in [0.2, 0.25) is 5.91 Å². The van der Waals surface area contributed by atoms with Crippen LogP contribution in [-0.2, 0) is 11.2 Å². The Morgan fingerprint density at radius 2 is 1.71 bits per heavy atom. The minimum atomic E-state index is -0.0800. The molecule has 3 heteroatoms. The van der Waals surface area contributed by atoms with Gasteiger partial charge in [-0.1, -0.05) is 64.2 Å². The van der Waals surface area contributed by atoms with Gasteiger partial charge in [0.1, 0.15) is 12.4 Å². The molecule has 0 aliphatic carbocycles. The minimum Gasteiger partial charge on any atom is -0.492 e. The topological polar surface area (TPSA) is 29.5 Å². The summed E-state index contributed by atoms with van der Waals surface area (Å²) < 4.78 is 5.68. The van der Waals surface area contributed by atoms with Gasteiger partial charge in [0, 0.05) is 7.05 Å². The SMILES string of the molecule is C=CC(=O)N(C)CCOc1ccc(CCCCCCCCC)cc1. The molecule has 0 N–H and O–H groups in total. The molecule has 0 aliphatic rings. The van der Waals surface area contributed by atoms with E-state index in [0.717, 1.165) is 12.2 Å². The van der Waals surface area contributed by atoms with Crippen LogP contribution in [0.1, 0.15) is 57.4 Å². The van der Waals surface area contributed by atoms with E-state index in [9.17, 15) is 4.79 Å². The Bertz CT molecular complexity index is 467. The Balaban J connectivity index is 2.16. The Hall–Kier alpha value is -1.77. The second-order valence-electron chi connectivity index (χ2n) is 6.33. The fourth-order valence-corrected chi connectivity index (χ4v) is 2.61.